The van der Waals surface area contributed by atoms with E-state index < -0.39 is 58.6 Å². The van der Waals surface area contributed by atoms with Crippen LogP contribution < -0.4 is 10.6 Å². The van der Waals surface area contributed by atoms with E-state index in [4.69, 9.17) is 9.90 Å². The van der Waals surface area contributed by atoms with Crippen molar-refractivity contribution in [3.05, 3.63) is 41.7 Å². The molecule has 39 heavy (non-hydrogen) atoms. The van der Waals surface area contributed by atoms with Crippen LogP contribution in [-0.4, -0.2) is 54.1 Å². The molecule has 0 radical (unpaired) electrons. The van der Waals surface area contributed by atoms with Gasteiger partial charge in [-0.15, -0.1) is 0 Å². The fourth-order valence-corrected chi connectivity index (χ4v) is 4.23. The van der Waals surface area contributed by atoms with Crippen molar-refractivity contribution in [1.29, 1.82) is 0 Å². The number of imidazole rings is 1. The number of rotatable bonds is 5. The van der Waals surface area contributed by atoms with Gasteiger partial charge >= 0.3 is 6.18 Å². The molecule has 3 atom stereocenters. The third-order valence-corrected chi connectivity index (χ3v) is 5.92. The lowest BCUT2D eigenvalue weighted by Gasteiger charge is -2.21. The highest BCUT2D eigenvalue weighted by Crippen LogP contribution is 2.45. The minimum absolute atomic E-state index is 0.0255. The topological polar surface area (TPSA) is 154 Å². The Kier molecular flexibility index (Phi) is 7.21. The van der Waals surface area contributed by atoms with Gasteiger partial charge < -0.3 is 20.1 Å². The second-order valence-corrected chi connectivity index (χ2v) is 8.67. The van der Waals surface area contributed by atoms with Gasteiger partial charge in [0.15, 0.2) is 11.5 Å². The first-order chi connectivity index (χ1) is 18.4. The Bertz CT molecular complexity index is 1580. The Hall–Kier alpha value is -4.63. The highest BCUT2D eigenvalue weighted by molar-refractivity contribution is 5.98. The average molecular weight is 553 g/mol. The number of nitrogens with zero attached hydrogens (tertiary/aromatic N) is 4. The van der Waals surface area contributed by atoms with Crippen LogP contribution >= 0.6 is 0 Å². The molecule has 3 heterocycles. The van der Waals surface area contributed by atoms with E-state index in [-0.39, 0.29) is 41.0 Å². The zero-order valence-corrected chi connectivity index (χ0v) is 20.2. The lowest BCUT2D eigenvalue weighted by atomic mass is 9.92. The molecular weight excluding hydrogens is 533 g/mol. The van der Waals surface area contributed by atoms with Crippen LogP contribution in [0.15, 0.2) is 24.8 Å². The van der Waals surface area contributed by atoms with Crippen molar-refractivity contribution in [3.63, 3.8) is 0 Å². The van der Waals surface area contributed by atoms with E-state index in [1.807, 2.05) is 0 Å². The summed E-state index contributed by atoms with van der Waals surface area (Å²) in [6.07, 6.45) is -1.38. The van der Waals surface area contributed by atoms with Crippen LogP contribution in [0.1, 0.15) is 37.4 Å². The van der Waals surface area contributed by atoms with E-state index in [0.717, 1.165) is 12.4 Å². The zero-order chi connectivity index (χ0) is 28.6. The lowest BCUT2D eigenvalue weighted by Crippen LogP contribution is -2.26. The third kappa shape index (κ3) is 5.35. The standard InChI is InChI=1S/C22H18F5N7O2.CH2O2/c1-8(30-9(2)35)16-19(24)18(22(25,26)27)17(11-4-29-33-20(11)16)13-6-34-7-14(31-15(34)5-28-13)32-21(36)10-3-12(10)23;2-1-3/h4-8,10,12H,3H2,1-2H3,(H,29,33)(H,30,35)(H,32,36);1H,(H,2,3)/t8?,10-,12+;/m1./s1. The van der Waals surface area contributed by atoms with Crippen molar-refractivity contribution in [2.45, 2.75) is 38.7 Å². The van der Waals surface area contributed by atoms with Gasteiger partial charge in [-0.3, -0.25) is 24.5 Å². The second-order valence-electron chi connectivity index (χ2n) is 8.67. The molecule has 11 nitrogen and oxygen atoms in total. The van der Waals surface area contributed by atoms with Crippen LogP contribution in [0, 0.1) is 11.7 Å². The second kappa shape index (κ2) is 10.3. The Morgan fingerprint density at radius 2 is 1.95 bits per heavy atom. The summed E-state index contributed by atoms with van der Waals surface area (Å²) in [7, 11) is 0. The number of H-pyrrole nitrogens is 1. The minimum atomic E-state index is -5.12. The van der Waals surface area contributed by atoms with Gasteiger partial charge in [-0.2, -0.15) is 18.3 Å². The lowest BCUT2D eigenvalue weighted by molar-refractivity contribution is -0.139. The molecule has 1 aliphatic carbocycles. The molecule has 1 aromatic carbocycles. The summed E-state index contributed by atoms with van der Waals surface area (Å²) < 4.78 is 72.7. The first-order valence-electron chi connectivity index (χ1n) is 11.3. The molecule has 1 saturated carbocycles. The number of hydrogen-bond donors (Lipinski definition) is 4. The van der Waals surface area contributed by atoms with E-state index in [1.165, 1.54) is 30.6 Å². The Balaban J connectivity index is 0.00000112. The predicted molar refractivity (Wildman–Crippen MR) is 126 cm³/mol. The maximum atomic E-state index is 15.6. The van der Waals surface area contributed by atoms with E-state index in [2.05, 4.69) is 30.8 Å². The number of amides is 2. The molecule has 0 spiro atoms. The molecule has 1 aliphatic rings. The molecule has 16 heteroatoms. The van der Waals surface area contributed by atoms with E-state index >= 15 is 4.39 Å². The molecule has 0 bridgehead atoms. The number of carboxylic acid groups (broad SMARTS) is 1. The van der Waals surface area contributed by atoms with Crippen LogP contribution in [0.25, 0.3) is 27.8 Å². The number of benzene rings is 1. The summed E-state index contributed by atoms with van der Waals surface area (Å²) in [5.74, 6) is -3.36. The Morgan fingerprint density at radius 3 is 2.54 bits per heavy atom. The highest BCUT2D eigenvalue weighted by atomic mass is 19.4. The van der Waals surface area contributed by atoms with Crippen molar-refractivity contribution in [2.24, 2.45) is 5.92 Å². The molecule has 0 aliphatic heterocycles. The third-order valence-electron chi connectivity index (χ3n) is 5.92. The number of carbonyl (C=O) groups is 3. The van der Waals surface area contributed by atoms with Gasteiger partial charge in [-0.25, -0.2) is 13.8 Å². The summed E-state index contributed by atoms with van der Waals surface area (Å²) in [5.41, 5.74) is -2.58. The van der Waals surface area contributed by atoms with Crippen molar-refractivity contribution < 1.29 is 41.4 Å². The molecule has 1 fully saturated rings. The van der Waals surface area contributed by atoms with Crippen LogP contribution in [-0.2, 0) is 20.6 Å². The summed E-state index contributed by atoms with van der Waals surface area (Å²) in [6.45, 7) is 2.28. The summed E-state index contributed by atoms with van der Waals surface area (Å²) in [6, 6.07) is -1.09. The van der Waals surface area contributed by atoms with Crippen molar-refractivity contribution in [2.75, 3.05) is 5.32 Å². The van der Waals surface area contributed by atoms with Gasteiger partial charge in [0.25, 0.3) is 6.47 Å². The number of aromatic nitrogens is 5. The monoisotopic (exact) mass is 553 g/mol. The molecule has 4 aromatic rings. The largest absolute Gasteiger partial charge is 0.483 e. The Labute approximate surface area is 215 Å². The van der Waals surface area contributed by atoms with Crippen molar-refractivity contribution in [1.82, 2.24) is 29.9 Å². The summed E-state index contributed by atoms with van der Waals surface area (Å²) in [5, 5.41) is 18.0. The minimum Gasteiger partial charge on any atom is -0.483 e. The smallest absolute Gasteiger partial charge is 0.419 e. The first-order valence-corrected chi connectivity index (χ1v) is 11.3. The molecule has 5 rings (SSSR count). The van der Waals surface area contributed by atoms with Crippen LogP contribution in [0.2, 0.25) is 0 Å². The van der Waals surface area contributed by atoms with Gasteiger partial charge in [-0.05, 0) is 13.3 Å². The first kappa shape index (κ1) is 27.4. The van der Waals surface area contributed by atoms with E-state index in [0.29, 0.717) is 0 Å². The molecule has 0 saturated heterocycles. The zero-order valence-electron chi connectivity index (χ0n) is 20.2. The summed E-state index contributed by atoms with van der Waals surface area (Å²) >= 11 is 0. The number of fused-ring (bicyclic) bond motifs is 2. The van der Waals surface area contributed by atoms with Gasteiger partial charge in [-0.1, -0.05) is 0 Å². The van der Waals surface area contributed by atoms with Crippen LogP contribution in [0.5, 0.6) is 0 Å². The number of alkyl halides is 4. The SMILES string of the molecule is CC(=O)NC(C)c1c(F)c(C(F)(F)F)c(-c2cn3cc(NC(=O)[C@@H]4C[C@@H]4F)nc3cn2)c2cn[nH]c12.O=CO. The van der Waals surface area contributed by atoms with E-state index in [9.17, 15) is 27.2 Å². The number of carbonyl (C=O) groups excluding carboxylic acids is 2. The maximum Gasteiger partial charge on any atom is 0.419 e. The predicted octanol–water partition coefficient (Wildman–Crippen LogP) is 3.62. The molecule has 206 valence electrons. The van der Waals surface area contributed by atoms with Gasteiger partial charge in [0.2, 0.25) is 11.8 Å². The molecule has 2 amide bonds. The number of aromatic amines is 1. The summed E-state index contributed by atoms with van der Waals surface area (Å²) in [4.78, 5) is 40.0. The molecule has 3 aromatic heterocycles. The maximum absolute atomic E-state index is 15.6. The Morgan fingerprint density at radius 1 is 1.28 bits per heavy atom. The fraction of sp³-hybridized carbons (Fsp3) is 0.304. The van der Waals surface area contributed by atoms with Crippen molar-refractivity contribution in [3.8, 4) is 11.3 Å². The van der Waals surface area contributed by atoms with Gasteiger partial charge in [0, 0.05) is 29.6 Å². The van der Waals surface area contributed by atoms with Gasteiger partial charge in [0.05, 0.1) is 41.8 Å². The van der Waals surface area contributed by atoms with Gasteiger partial charge in [0.1, 0.15) is 17.6 Å². The van der Waals surface area contributed by atoms with Crippen LogP contribution in [0.3, 0.4) is 0 Å². The highest BCUT2D eigenvalue weighted by Gasteiger charge is 2.44. The number of anilines is 1. The van der Waals surface area contributed by atoms with Crippen molar-refractivity contribution >= 4 is 40.7 Å². The van der Waals surface area contributed by atoms with Crippen LogP contribution in [0.4, 0.5) is 27.8 Å². The molecule has 1 unspecified atom stereocenters. The fourth-order valence-electron chi connectivity index (χ4n) is 4.23. The average Bonchev–Trinajstić information content (AvgIpc) is 3.20. The number of halogens is 5. The molecule has 4 N–H and O–H groups in total. The van der Waals surface area contributed by atoms with E-state index in [1.54, 1.807) is 0 Å². The number of hydrogen-bond acceptors (Lipinski definition) is 6. The molecular formula is C23H20F5N7O4. The number of nitrogens with one attached hydrogen (secondary N) is 3. The normalized spacial score (nSPS) is 17.3. The quantitative estimate of drug-likeness (QED) is 0.217.